The van der Waals surface area contributed by atoms with Crippen LogP contribution in [0.2, 0.25) is 5.02 Å². The highest BCUT2D eigenvalue weighted by molar-refractivity contribution is 14.0. The van der Waals surface area contributed by atoms with Gasteiger partial charge in [0, 0.05) is 24.0 Å². The summed E-state index contributed by atoms with van der Waals surface area (Å²) in [7, 11) is 3.44. The molecule has 0 radical (unpaired) electrons. The molecule has 0 bridgehead atoms. The summed E-state index contributed by atoms with van der Waals surface area (Å²) >= 11 is 7.94. The first-order valence-corrected chi connectivity index (χ1v) is 9.25. The van der Waals surface area contributed by atoms with Gasteiger partial charge in [0.25, 0.3) is 0 Å². The lowest BCUT2D eigenvalue weighted by molar-refractivity contribution is -0.127. The molecule has 0 saturated heterocycles. The average Bonchev–Trinajstić information content (AvgIpc) is 3.10. The maximum absolute atomic E-state index is 11.8. The number of nitrogens with one attached hydrogen (secondary N) is 2. The fourth-order valence-electron chi connectivity index (χ4n) is 2.13. The summed E-state index contributed by atoms with van der Waals surface area (Å²) in [6, 6.07) is 11.7. The topological polar surface area (TPSA) is 56.7 Å². The Morgan fingerprint density at radius 2 is 2.00 bits per heavy atom. The molecule has 0 spiro atoms. The van der Waals surface area contributed by atoms with Gasteiger partial charge in [-0.3, -0.25) is 4.79 Å². The van der Waals surface area contributed by atoms with Gasteiger partial charge in [0.05, 0.1) is 12.6 Å². The molecule has 2 rings (SSSR count). The minimum atomic E-state index is -0.0531. The number of carbonyl (C=O) groups is 1. The first-order chi connectivity index (χ1) is 12.0. The van der Waals surface area contributed by atoms with E-state index in [1.807, 2.05) is 42.6 Å². The zero-order valence-electron chi connectivity index (χ0n) is 15.0. The average molecular weight is 507 g/mol. The molecule has 2 N–H and O–H groups in total. The van der Waals surface area contributed by atoms with Gasteiger partial charge in [0.2, 0.25) is 5.91 Å². The summed E-state index contributed by atoms with van der Waals surface area (Å²) < 4.78 is 0. The van der Waals surface area contributed by atoms with E-state index in [-0.39, 0.29) is 42.5 Å². The van der Waals surface area contributed by atoms with Crippen molar-refractivity contribution in [3.05, 3.63) is 57.2 Å². The number of nitrogens with zero attached hydrogens (tertiary/aromatic N) is 2. The number of likely N-dealkylation sites (N-methyl/N-ethyl adjacent to an activating group) is 1. The molecule has 1 aromatic carbocycles. The molecule has 8 heteroatoms. The lowest BCUT2D eigenvalue weighted by Crippen LogP contribution is -2.39. The van der Waals surface area contributed by atoms with E-state index >= 15 is 0 Å². The number of thiophene rings is 1. The molecule has 142 valence electrons. The van der Waals surface area contributed by atoms with Crippen molar-refractivity contribution >= 4 is 58.8 Å². The Balaban J connectivity index is 0.00000338. The highest BCUT2D eigenvalue weighted by Gasteiger charge is 2.12. The molecule has 1 unspecified atom stereocenters. The molecule has 1 amide bonds. The molecule has 0 aliphatic rings. The lowest BCUT2D eigenvalue weighted by Gasteiger charge is -2.19. The Kier molecular flexibility index (Phi) is 9.97. The van der Waals surface area contributed by atoms with Crippen LogP contribution in [0.4, 0.5) is 0 Å². The van der Waals surface area contributed by atoms with Crippen LogP contribution in [0.1, 0.15) is 23.4 Å². The van der Waals surface area contributed by atoms with E-state index in [4.69, 9.17) is 11.6 Å². The summed E-state index contributed by atoms with van der Waals surface area (Å²) in [6.07, 6.45) is 0. The van der Waals surface area contributed by atoms with Crippen LogP contribution in [0.15, 0.2) is 46.8 Å². The van der Waals surface area contributed by atoms with Crippen LogP contribution in [0.5, 0.6) is 0 Å². The SMILES string of the molecule is CC(NC(=NCC(=O)N(C)C)NCc1cccs1)c1ccccc1Cl.I. The van der Waals surface area contributed by atoms with Gasteiger partial charge in [-0.2, -0.15) is 0 Å². The van der Waals surface area contributed by atoms with Gasteiger partial charge in [-0.15, -0.1) is 35.3 Å². The Morgan fingerprint density at radius 3 is 2.62 bits per heavy atom. The minimum absolute atomic E-state index is 0. The number of amides is 1. The quantitative estimate of drug-likeness (QED) is 0.355. The van der Waals surface area contributed by atoms with Crippen LogP contribution >= 0.6 is 46.9 Å². The van der Waals surface area contributed by atoms with Crippen molar-refractivity contribution in [3.63, 3.8) is 0 Å². The number of benzene rings is 1. The third-order valence-corrected chi connectivity index (χ3v) is 4.83. The molecule has 0 saturated carbocycles. The highest BCUT2D eigenvalue weighted by Crippen LogP contribution is 2.22. The Labute approximate surface area is 180 Å². The second-order valence-corrected chi connectivity index (χ2v) is 7.21. The van der Waals surface area contributed by atoms with Gasteiger partial charge in [0.1, 0.15) is 6.54 Å². The van der Waals surface area contributed by atoms with Gasteiger partial charge in [-0.1, -0.05) is 35.9 Å². The zero-order valence-corrected chi connectivity index (χ0v) is 18.9. The number of rotatable bonds is 6. The molecule has 1 atom stereocenters. The molecule has 2 aromatic rings. The number of hydrogen-bond acceptors (Lipinski definition) is 3. The molecular weight excluding hydrogens is 483 g/mol. The standard InChI is InChI=1S/C18H23ClN4OS.HI/c1-13(15-8-4-5-9-16(15)19)22-18(21-12-17(24)23(2)3)20-11-14-7-6-10-25-14;/h4-10,13H,11-12H2,1-3H3,(H2,20,21,22);1H. The Morgan fingerprint density at radius 1 is 1.27 bits per heavy atom. The highest BCUT2D eigenvalue weighted by atomic mass is 127. The van der Waals surface area contributed by atoms with Crippen molar-refractivity contribution in [2.24, 2.45) is 4.99 Å². The molecule has 5 nitrogen and oxygen atoms in total. The van der Waals surface area contributed by atoms with Crippen molar-refractivity contribution in [3.8, 4) is 0 Å². The number of hydrogen-bond donors (Lipinski definition) is 2. The summed E-state index contributed by atoms with van der Waals surface area (Å²) in [4.78, 5) is 19.0. The van der Waals surface area contributed by atoms with Crippen molar-refractivity contribution in [2.75, 3.05) is 20.6 Å². The Bertz CT molecular complexity index is 722. The van der Waals surface area contributed by atoms with E-state index in [2.05, 4.69) is 21.7 Å². The van der Waals surface area contributed by atoms with Crippen molar-refractivity contribution in [1.82, 2.24) is 15.5 Å². The van der Waals surface area contributed by atoms with E-state index in [9.17, 15) is 4.79 Å². The normalized spacial score (nSPS) is 12.1. The Hall–Kier alpha value is -1.32. The summed E-state index contributed by atoms with van der Waals surface area (Å²) in [5.41, 5.74) is 0.980. The molecule has 0 fully saturated rings. The van der Waals surface area contributed by atoms with Crippen molar-refractivity contribution < 1.29 is 4.79 Å². The summed E-state index contributed by atoms with van der Waals surface area (Å²) in [6.45, 7) is 2.74. The summed E-state index contributed by atoms with van der Waals surface area (Å²) in [5, 5.41) is 9.32. The van der Waals surface area contributed by atoms with Crippen LogP contribution < -0.4 is 10.6 Å². The number of guanidine groups is 1. The molecule has 0 aliphatic heterocycles. The van der Waals surface area contributed by atoms with Gasteiger partial charge < -0.3 is 15.5 Å². The van der Waals surface area contributed by atoms with Crippen molar-refractivity contribution in [2.45, 2.75) is 19.5 Å². The van der Waals surface area contributed by atoms with Crippen molar-refractivity contribution in [1.29, 1.82) is 0 Å². The third-order valence-electron chi connectivity index (χ3n) is 3.61. The predicted molar refractivity (Wildman–Crippen MR) is 121 cm³/mol. The van der Waals surface area contributed by atoms with Crippen LogP contribution in [0, 0.1) is 0 Å². The van der Waals surface area contributed by atoms with E-state index in [1.54, 1.807) is 25.4 Å². The largest absolute Gasteiger partial charge is 0.351 e. The summed E-state index contributed by atoms with van der Waals surface area (Å²) in [5.74, 6) is 0.527. The van der Waals surface area contributed by atoms with Gasteiger partial charge in [-0.25, -0.2) is 4.99 Å². The van der Waals surface area contributed by atoms with Crippen LogP contribution in [0.25, 0.3) is 0 Å². The third kappa shape index (κ3) is 7.13. The van der Waals surface area contributed by atoms with E-state index in [1.165, 1.54) is 9.78 Å². The second kappa shape index (κ2) is 11.4. The van der Waals surface area contributed by atoms with E-state index < -0.39 is 0 Å². The number of carbonyl (C=O) groups excluding carboxylic acids is 1. The monoisotopic (exact) mass is 506 g/mol. The molecule has 1 heterocycles. The molecule has 26 heavy (non-hydrogen) atoms. The first-order valence-electron chi connectivity index (χ1n) is 7.99. The smallest absolute Gasteiger partial charge is 0.243 e. The fourth-order valence-corrected chi connectivity index (χ4v) is 3.08. The van der Waals surface area contributed by atoms with Gasteiger partial charge >= 0.3 is 0 Å². The van der Waals surface area contributed by atoms with Gasteiger partial charge in [0.15, 0.2) is 5.96 Å². The van der Waals surface area contributed by atoms with E-state index in [0.717, 1.165) is 5.56 Å². The second-order valence-electron chi connectivity index (χ2n) is 5.77. The van der Waals surface area contributed by atoms with Gasteiger partial charge in [-0.05, 0) is 30.0 Å². The number of aliphatic imine (C=N–C) groups is 1. The minimum Gasteiger partial charge on any atom is -0.351 e. The zero-order chi connectivity index (χ0) is 18.2. The first kappa shape index (κ1) is 22.7. The van der Waals surface area contributed by atoms with Crippen LogP contribution in [0.3, 0.4) is 0 Å². The molecular formula is C18H24ClIN4OS. The van der Waals surface area contributed by atoms with Crippen LogP contribution in [-0.4, -0.2) is 37.4 Å². The van der Waals surface area contributed by atoms with Crippen LogP contribution in [-0.2, 0) is 11.3 Å². The lowest BCUT2D eigenvalue weighted by atomic mass is 10.1. The molecule has 0 aliphatic carbocycles. The maximum atomic E-state index is 11.8. The predicted octanol–water partition coefficient (Wildman–Crippen LogP) is 3.90. The maximum Gasteiger partial charge on any atom is 0.243 e. The van der Waals surface area contributed by atoms with E-state index in [0.29, 0.717) is 17.5 Å². The molecule has 1 aromatic heterocycles. The fraction of sp³-hybridized carbons (Fsp3) is 0.333. The number of halogens is 2.